The first-order chi connectivity index (χ1) is 10.1. The number of carboxylic acids is 1. The lowest BCUT2D eigenvalue weighted by Crippen LogP contribution is -2.37. The van der Waals surface area contributed by atoms with Crippen LogP contribution in [0.15, 0.2) is 29.2 Å². The minimum absolute atomic E-state index is 0.0686. The lowest BCUT2D eigenvalue weighted by atomic mass is 10.3. The molecule has 114 valence electrons. The number of ether oxygens (including phenoxy) is 1. The third-order valence-electron chi connectivity index (χ3n) is 3.26. The molecule has 1 aliphatic carbocycles. The molecule has 6 heteroatoms. The van der Waals surface area contributed by atoms with Crippen LogP contribution in [0.4, 0.5) is 0 Å². The third-order valence-corrected chi connectivity index (χ3v) is 4.27. The summed E-state index contributed by atoms with van der Waals surface area (Å²) in [6.45, 7) is -0.184. The Kier molecular flexibility index (Phi) is 5.50. The quantitative estimate of drug-likeness (QED) is 0.746. The van der Waals surface area contributed by atoms with Crippen molar-refractivity contribution in [3.05, 3.63) is 24.3 Å². The van der Waals surface area contributed by atoms with Gasteiger partial charge in [0.2, 0.25) is 5.91 Å². The smallest absolute Gasteiger partial charge is 0.323 e. The minimum atomic E-state index is -0.946. The van der Waals surface area contributed by atoms with E-state index in [1.54, 1.807) is 18.9 Å². The van der Waals surface area contributed by atoms with E-state index in [9.17, 15) is 9.59 Å². The topological polar surface area (TPSA) is 66.8 Å². The van der Waals surface area contributed by atoms with E-state index in [0.717, 1.165) is 23.5 Å². The molecule has 1 saturated carbocycles. The van der Waals surface area contributed by atoms with Gasteiger partial charge >= 0.3 is 5.97 Å². The molecule has 1 amide bonds. The summed E-state index contributed by atoms with van der Waals surface area (Å²) in [6, 6.07) is 7.80. The highest BCUT2D eigenvalue weighted by Crippen LogP contribution is 2.28. The Morgan fingerprint density at radius 2 is 2.00 bits per heavy atom. The van der Waals surface area contributed by atoms with Crippen LogP contribution in [0.1, 0.15) is 19.3 Å². The summed E-state index contributed by atoms with van der Waals surface area (Å²) in [5.41, 5.74) is 0. The number of methoxy groups -OCH3 is 1. The largest absolute Gasteiger partial charge is 0.497 e. The summed E-state index contributed by atoms with van der Waals surface area (Å²) in [5, 5.41) is 8.85. The van der Waals surface area contributed by atoms with Gasteiger partial charge in [0.15, 0.2) is 0 Å². The lowest BCUT2D eigenvalue weighted by molar-refractivity contribution is -0.144. The van der Waals surface area contributed by atoms with Crippen molar-refractivity contribution in [2.75, 3.05) is 19.4 Å². The van der Waals surface area contributed by atoms with Crippen molar-refractivity contribution in [3.63, 3.8) is 0 Å². The van der Waals surface area contributed by atoms with Crippen LogP contribution in [0.5, 0.6) is 5.75 Å². The van der Waals surface area contributed by atoms with Crippen LogP contribution in [-0.4, -0.2) is 47.3 Å². The van der Waals surface area contributed by atoms with Gasteiger partial charge in [-0.3, -0.25) is 9.59 Å². The van der Waals surface area contributed by atoms with Crippen LogP contribution < -0.4 is 4.74 Å². The van der Waals surface area contributed by atoms with E-state index >= 15 is 0 Å². The molecule has 1 N–H and O–H groups in total. The second-order valence-corrected chi connectivity index (χ2v) is 6.09. The fourth-order valence-electron chi connectivity index (χ4n) is 2.02. The summed E-state index contributed by atoms with van der Waals surface area (Å²) in [6.07, 6.45) is 2.20. The number of carboxylic acid groups (broad SMARTS) is 1. The number of hydrogen-bond acceptors (Lipinski definition) is 4. The number of hydrogen-bond donors (Lipinski definition) is 1. The maximum atomic E-state index is 12.1. The number of rotatable bonds is 8. The molecule has 0 heterocycles. The zero-order valence-corrected chi connectivity index (χ0v) is 12.8. The van der Waals surface area contributed by atoms with E-state index in [1.807, 2.05) is 24.3 Å². The number of carbonyl (C=O) groups is 2. The molecule has 0 aromatic heterocycles. The molecule has 21 heavy (non-hydrogen) atoms. The van der Waals surface area contributed by atoms with Crippen LogP contribution in [0.3, 0.4) is 0 Å². The van der Waals surface area contributed by atoms with E-state index < -0.39 is 5.97 Å². The number of aliphatic carboxylic acids is 1. The first-order valence-corrected chi connectivity index (χ1v) is 7.87. The van der Waals surface area contributed by atoms with Crippen LogP contribution in [0.25, 0.3) is 0 Å². The maximum absolute atomic E-state index is 12.1. The van der Waals surface area contributed by atoms with E-state index in [0.29, 0.717) is 12.2 Å². The zero-order valence-electron chi connectivity index (χ0n) is 11.9. The van der Waals surface area contributed by atoms with E-state index in [4.69, 9.17) is 9.84 Å². The van der Waals surface area contributed by atoms with Gasteiger partial charge in [-0.05, 0) is 37.1 Å². The zero-order chi connectivity index (χ0) is 15.2. The summed E-state index contributed by atoms with van der Waals surface area (Å²) >= 11 is 1.59. The Morgan fingerprint density at radius 1 is 1.33 bits per heavy atom. The first kappa shape index (κ1) is 15.7. The predicted molar refractivity (Wildman–Crippen MR) is 80.7 cm³/mol. The number of thioether (sulfide) groups is 1. The monoisotopic (exact) mass is 309 g/mol. The third kappa shape index (κ3) is 4.97. The standard InChI is InChI=1S/C15H19NO4S/c1-20-12-4-6-13(7-5-12)21-9-8-14(17)16(10-15(18)19)11-2-3-11/h4-7,11H,2-3,8-10H2,1H3,(H,18,19). The number of amides is 1. The average molecular weight is 309 g/mol. The second kappa shape index (κ2) is 7.36. The summed E-state index contributed by atoms with van der Waals surface area (Å²) < 4.78 is 5.09. The number of benzene rings is 1. The van der Waals surface area contributed by atoms with Gasteiger partial charge in [0, 0.05) is 23.1 Å². The van der Waals surface area contributed by atoms with E-state index in [1.165, 1.54) is 4.90 Å². The molecule has 0 radical (unpaired) electrons. The molecule has 0 aliphatic heterocycles. The summed E-state index contributed by atoms with van der Waals surface area (Å²) in [4.78, 5) is 25.4. The molecule has 2 rings (SSSR count). The molecule has 1 aromatic carbocycles. The van der Waals surface area contributed by atoms with Gasteiger partial charge in [0.25, 0.3) is 0 Å². The van der Waals surface area contributed by atoms with Gasteiger partial charge in [-0.25, -0.2) is 0 Å². The van der Waals surface area contributed by atoms with Crippen molar-refractivity contribution >= 4 is 23.6 Å². The number of nitrogens with zero attached hydrogens (tertiary/aromatic N) is 1. The number of carbonyl (C=O) groups excluding carboxylic acids is 1. The van der Waals surface area contributed by atoms with Crippen LogP contribution in [0, 0.1) is 0 Å². The highest BCUT2D eigenvalue weighted by Gasteiger charge is 2.33. The molecule has 1 fully saturated rings. The highest BCUT2D eigenvalue weighted by molar-refractivity contribution is 7.99. The molecular weight excluding hydrogens is 290 g/mol. The Bertz CT molecular complexity index is 499. The maximum Gasteiger partial charge on any atom is 0.323 e. The van der Waals surface area contributed by atoms with E-state index in [2.05, 4.69) is 0 Å². The molecule has 1 aliphatic rings. The Balaban J connectivity index is 1.78. The van der Waals surface area contributed by atoms with Crippen molar-refractivity contribution in [1.82, 2.24) is 4.90 Å². The van der Waals surface area contributed by atoms with Crippen molar-refractivity contribution in [2.24, 2.45) is 0 Å². The molecular formula is C15H19NO4S. The molecule has 0 atom stereocenters. The van der Waals surface area contributed by atoms with Crippen molar-refractivity contribution < 1.29 is 19.4 Å². The average Bonchev–Trinajstić information content (AvgIpc) is 3.29. The normalized spacial score (nSPS) is 13.8. The van der Waals surface area contributed by atoms with Gasteiger partial charge in [-0.15, -0.1) is 11.8 Å². The van der Waals surface area contributed by atoms with Gasteiger partial charge < -0.3 is 14.7 Å². The SMILES string of the molecule is COc1ccc(SCCC(=O)N(CC(=O)O)C2CC2)cc1. The lowest BCUT2D eigenvalue weighted by Gasteiger charge is -2.20. The molecule has 0 unspecified atom stereocenters. The van der Waals surface area contributed by atoms with Crippen molar-refractivity contribution in [1.29, 1.82) is 0 Å². The van der Waals surface area contributed by atoms with Crippen molar-refractivity contribution in [3.8, 4) is 5.75 Å². The van der Waals surface area contributed by atoms with Gasteiger partial charge in [0.1, 0.15) is 12.3 Å². The molecule has 0 bridgehead atoms. The fraction of sp³-hybridized carbons (Fsp3) is 0.467. The molecule has 5 nitrogen and oxygen atoms in total. The van der Waals surface area contributed by atoms with Gasteiger partial charge in [0.05, 0.1) is 7.11 Å². The fourth-order valence-corrected chi connectivity index (χ4v) is 2.87. The van der Waals surface area contributed by atoms with Crippen LogP contribution in [-0.2, 0) is 9.59 Å². The molecule has 0 spiro atoms. The Morgan fingerprint density at radius 3 is 2.52 bits per heavy atom. The highest BCUT2D eigenvalue weighted by atomic mass is 32.2. The predicted octanol–water partition coefficient (Wildman–Crippen LogP) is 2.25. The Hall–Kier alpha value is -1.69. The molecule has 1 aromatic rings. The van der Waals surface area contributed by atoms with Crippen molar-refractivity contribution in [2.45, 2.75) is 30.2 Å². The summed E-state index contributed by atoms with van der Waals surface area (Å²) in [7, 11) is 1.62. The van der Waals surface area contributed by atoms with Gasteiger partial charge in [-0.2, -0.15) is 0 Å². The molecule has 0 saturated heterocycles. The minimum Gasteiger partial charge on any atom is -0.497 e. The van der Waals surface area contributed by atoms with E-state index in [-0.39, 0.29) is 18.5 Å². The first-order valence-electron chi connectivity index (χ1n) is 6.88. The van der Waals surface area contributed by atoms with Gasteiger partial charge in [-0.1, -0.05) is 0 Å². The Labute approximate surface area is 128 Å². The second-order valence-electron chi connectivity index (χ2n) is 4.92. The summed E-state index contributed by atoms with van der Waals surface area (Å²) in [5.74, 6) is 0.435. The van der Waals surface area contributed by atoms with Crippen LogP contribution >= 0.6 is 11.8 Å². The van der Waals surface area contributed by atoms with Crippen LogP contribution in [0.2, 0.25) is 0 Å².